The van der Waals surface area contributed by atoms with Crippen LogP contribution in [0.1, 0.15) is 30.1 Å². The van der Waals surface area contributed by atoms with Crippen LogP contribution in [0.4, 0.5) is 5.69 Å². The summed E-state index contributed by atoms with van der Waals surface area (Å²) in [6, 6.07) is 4.27. The number of carbonyl (C=O) groups is 2. The van der Waals surface area contributed by atoms with Crippen LogP contribution in [0.25, 0.3) is 0 Å². The Hall–Kier alpha value is -1.92. The molecule has 0 heterocycles. The first kappa shape index (κ1) is 16.1. The van der Waals surface area contributed by atoms with Crippen LogP contribution < -0.4 is 21.5 Å². The number of ether oxygens (including phenoxy) is 1. The minimum Gasteiger partial charge on any atom is -0.496 e. The second-order valence-electron chi connectivity index (χ2n) is 4.50. The fourth-order valence-corrected chi connectivity index (χ4v) is 1.76. The number of methoxy groups -OCH3 is 1. The summed E-state index contributed by atoms with van der Waals surface area (Å²) in [5.74, 6) is 0.0476. The van der Waals surface area contributed by atoms with Gasteiger partial charge < -0.3 is 21.5 Å². The summed E-state index contributed by atoms with van der Waals surface area (Å²) in [7, 11) is 1.49. The van der Waals surface area contributed by atoms with Gasteiger partial charge in [-0.3, -0.25) is 9.59 Å². The molecular weight excluding hydrogens is 258 g/mol. The predicted octanol–water partition coefficient (Wildman–Crippen LogP) is 0.903. The highest BCUT2D eigenvalue weighted by Gasteiger charge is 2.15. The molecule has 0 aliphatic rings. The smallest absolute Gasteiger partial charge is 0.241 e. The fraction of sp³-hybridized carbons (Fsp3) is 0.429. The van der Waals surface area contributed by atoms with Gasteiger partial charge in [0.2, 0.25) is 5.91 Å². The van der Waals surface area contributed by atoms with Crippen LogP contribution in [0.2, 0.25) is 0 Å². The number of benzene rings is 1. The Morgan fingerprint density at radius 3 is 2.65 bits per heavy atom. The Morgan fingerprint density at radius 1 is 1.40 bits per heavy atom. The van der Waals surface area contributed by atoms with E-state index in [2.05, 4.69) is 5.32 Å². The minimum atomic E-state index is -0.610. The van der Waals surface area contributed by atoms with E-state index in [0.717, 1.165) is 0 Å². The highest BCUT2D eigenvalue weighted by molar-refractivity contribution is 6.00. The number of anilines is 1. The Labute approximate surface area is 118 Å². The van der Waals surface area contributed by atoms with E-state index in [4.69, 9.17) is 16.2 Å². The number of carbonyl (C=O) groups excluding carboxylic acids is 2. The average molecular weight is 279 g/mol. The van der Waals surface area contributed by atoms with Crippen molar-refractivity contribution in [2.24, 2.45) is 11.5 Å². The van der Waals surface area contributed by atoms with Crippen LogP contribution in [0, 0.1) is 0 Å². The van der Waals surface area contributed by atoms with E-state index < -0.39 is 6.04 Å². The lowest BCUT2D eigenvalue weighted by atomic mass is 10.1. The molecule has 1 rings (SSSR count). The largest absolute Gasteiger partial charge is 0.496 e. The van der Waals surface area contributed by atoms with Crippen molar-refractivity contribution < 1.29 is 14.3 Å². The molecule has 110 valence electrons. The second-order valence-corrected chi connectivity index (χ2v) is 4.50. The van der Waals surface area contributed by atoms with Gasteiger partial charge in [0.25, 0.3) is 0 Å². The van der Waals surface area contributed by atoms with Gasteiger partial charge in [-0.2, -0.15) is 0 Å². The summed E-state index contributed by atoms with van der Waals surface area (Å²) in [6.45, 7) is 1.94. The van der Waals surface area contributed by atoms with E-state index >= 15 is 0 Å². The Bertz CT molecular complexity index is 489. The third-order valence-corrected chi connectivity index (χ3v) is 2.90. The maximum Gasteiger partial charge on any atom is 0.241 e. The molecule has 0 radical (unpaired) electrons. The Kier molecular flexibility index (Phi) is 6.14. The van der Waals surface area contributed by atoms with Gasteiger partial charge in [-0.05, 0) is 44.5 Å². The molecule has 0 spiro atoms. The number of nitrogens with two attached hydrogens (primary N) is 2. The topological polar surface area (TPSA) is 107 Å². The highest BCUT2D eigenvalue weighted by Crippen LogP contribution is 2.23. The van der Waals surface area contributed by atoms with Crippen LogP contribution in [-0.2, 0) is 4.79 Å². The van der Waals surface area contributed by atoms with Crippen molar-refractivity contribution in [2.45, 2.75) is 25.8 Å². The molecule has 5 N–H and O–H groups in total. The van der Waals surface area contributed by atoms with E-state index in [1.807, 2.05) is 0 Å². The summed E-state index contributed by atoms with van der Waals surface area (Å²) in [4.78, 5) is 23.4. The van der Waals surface area contributed by atoms with E-state index in [-0.39, 0.29) is 11.7 Å². The van der Waals surface area contributed by atoms with Crippen molar-refractivity contribution in [3.8, 4) is 5.75 Å². The molecule has 0 saturated carbocycles. The molecule has 0 aromatic heterocycles. The van der Waals surface area contributed by atoms with Gasteiger partial charge in [-0.15, -0.1) is 0 Å². The van der Waals surface area contributed by atoms with Gasteiger partial charge in [0, 0.05) is 5.69 Å². The quantitative estimate of drug-likeness (QED) is 0.643. The van der Waals surface area contributed by atoms with Gasteiger partial charge in [0.05, 0.1) is 18.7 Å². The number of hydrogen-bond acceptors (Lipinski definition) is 5. The fourth-order valence-electron chi connectivity index (χ4n) is 1.76. The zero-order valence-corrected chi connectivity index (χ0v) is 11.8. The van der Waals surface area contributed by atoms with Crippen LogP contribution in [0.5, 0.6) is 5.75 Å². The number of amides is 1. The van der Waals surface area contributed by atoms with Crippen molar-refractivity contribution in [1.29, 1.82) is 0 Å². The molecule has 0 fully saturated rings. The number of hydrogen-bond donors (Lipinski definition) is 3. The third kappa shape index (κ3) is 4.32. The average Bonchev–Trinajstić information content (AvgIpc) is 2.44. The lowest BCUT2D eigenvalue weighted by molar-refractivity contribution is -0.117. The van der Waals surface area contributed by atoms with Gasteiger partial charge in [-0.1, -0.05) is 0 Å². The molecule has 1 aromatic rings. The highest BCUT2D eigenvalue weighted by atomic mass is 16.5. The maximum absolute atomic E-state index is 11.9. The summed E-state index contributed by atoms with van der Waals surface area (Å²) in [5.41, 5.74) is 12.1. The molecule has 1 atom stereocenters. The molecular formula is C14H21N3O3. The van der Waals surface area contributed by atoms with Crippen molar-refractivity contribution in [3.05, 3.63) is 23.8 Å². The van der Waals surface area contributed by atoms with Crippen molar-refractivity contribution in [1.82, 2.24) is 0 Å². The van der Waals surface area contributed by atoms with Crippen LogP contribution >= 0.6 is 0 Å². The first-order chi connectivity index (χ1) is 9.49. The van der Waals surface area contributed by atoms with Crippen LogP contribution in [-0.4, -0.2) is 31.4 Å². The summed E-state index contributed by atoms with van der Waals surface area (Å²) < 4.78 is 5.10. The zero-order valence-electron chi connectivity index (χ0n) is 11.8. The molecule has 0 bridgehead atoms. The van der Waals surface area contributed by atoms with E-state index in [0.29, 0.717) is 36.4 Å². The molecule has 1 aromatic carbocycles. The van der Waals surface area contributed by atoms with Crippen molar-refractivity contribution in [3.63, 3.8) is 0 Å². The molecule has 0 unspecified atom stereocenters. The Balaban J connectivity index is 2.80. The number of Topliss-reactive ketones (excluding diaryl/α,β-unsaturated/α-hetero) is 1. The van der Waals surface area contributed by atoms with Gasteiger partial charge in [0.1, 0.15) is 5.75 Å². The Morgan fingerprint density at radius 2 is 2.10 bits per heavy atom. The lowest BCUT2D eigenvalue weighted by Crippen LogP contribution is -2.36. The third-order valence-electron chi connectivity index (χ3n) is 2.90. The summed E-state index contributed by atoms with van der Waals surface area (Å²) in [6.07, 6.45) is 1.22. The predicted molar refractivity (Wildman–Crippen MR) is 77.9 cm³/mol. The van der Waals surface area contributed by atoms with E-state index in [1.165, 1.54) is 14.0 Å². The second kappa shape index (κ2) is 7.62. The van der Waals surface area contributed by atoms with Gasteiger partial charge in [-0.25, -0.2) is 0 Å². The van der Waals surface area contributed by atoms with Crippen molar-refractivity contribution >= 4 is 17.4 Å². The number of nitrogens with one attached hydrogen (secondary N) is 1. The monoisotopic (exact) mass is 279 g/mol. The van der Waals surface area contributed by atoms with Gasteiger partial charge >= 0.3 is 0 Å². The standard InChI is InChI=1S/C14H21N3O3/c1-9(18)11-8-10(5-6-13(11)20-2)17-14(19)12(16)4-3-7-15/h5-6,8,12H,3-4,7,15-16H2,1-2H3,(H,17,19)/t12-/m0/s1. The number of rotatable bonds is 7. The molecule has 1 amide bonds. The molecule has 20 heavy (non-hydrogen) atoms. The minimum absolute atomic E-state index is 0.134. The van der Waals surface area contributed by atoms with E-state index in [9.17, 15) is 9.59 Å². The molecule has 6 nitrogen and oxygen atoms in total. The normalized spacial score (nSPS) is 11.8. The maximum atomic E-state index is 11.9. The number of ketones is 1. The summed E-state index contributed by atoms with van der Waals surface area (Å²) >= 11 is 0. The van der Waals surface area contributed by atoms with E-state index in [1.54, 1.807) is 18.2 Å². The summed E-state index contributed by atoms with van der Waals surface area (Å²) in [5, 5.41) is 2.68. The molecule has 6 heteroatoms. The SMILES string of the molecule is COc1ccc(NC(=O)[C@@H](N)CCCN)cc1C(C)=O. The lowest BCUT2D eigenvalue weighted by Gasteiger charge is -2.13. The van der Waals surface area contributed by atoms with Crippen LogP contribution in [0.3, 0.4) is 0 Å². The van der Waals surface area contributed by atoms with Gasteiger partial charge in [0.15, 0.2) is 5.78 Å². The molecule has 0 aliphatic carbocycles. The van der Waals surface area contributed by atoms with Crippen molar-refractivity contribution in [2.75, 3.05) is 19.0 Å². The molecule has 0 aliphatic heterocycles. The van der Waals surface area contributed by atoms with Crippen LogP contribution in [0.15, 0.2) is 18.2 Å². The first-order valence-corrected chi connectivity index (χ1v) is 6.45. The zero-order chi connectivity index (χ0) is 15.1. The first-order valence-electron chi connectivity index (χ1n) is 6.45. The molecule has 0 saturated heterocycles.